The second kappa shape index (κ2) is 7.89. The van der Waals surface area contributed by atoms with E-state index in [1.165, 1.54) is 11.0 Å². The van der Waals surface area contributed by atoms with Gasteiger partial charge in [-0.15, -0.1) is 0 Å². The normalized spacial score (nSPS) is 16.4. The minimum atomic E-state index is -0.642. The first-order chi connectivity index (χ1) is 15.1. The summed E-state index contributed by atoms with van der Waals surface area (Å²) in [5.41, 5.74) is 1.94. The molecule has 2 aromatic carbocycles. The van der Waals surface area contributed by atoms with Gasteiger partial charge in [-0.3, -0.25) is 24.1 Å². The molecule has 1 fully saturated rings. The van der Waals surface area contributed by atoms with Gasteiger partial charge in [0, 0.05) is 42.8 Å². The molecule has 2 aliphatic rings. The molecule has 1 saturated heterocycles. The van der Waals surface area contributed by atoms with E-state index in [2.05, 4.69) is 0 Å². The summed E-state index contributed by atoms with van der Waals surface area (Å²) in [4.78, 5) is 56.1. The van der Waals surface area contributed by atoms with E-state index in [0.29, 0.717) is 42.9 Å². The number of nitrogens with zero attached hydrogens (tertiary/aromatic N) is 3. The van der Waals surface area contributed by atoms with Gasteiger partial charge < -0.3 is 9.80 Å². The molecule has 32 heavy (non-hydrogen) atoms. The van der Waals surface area contributed by atoms with Crippen LogP contribution in [-0.4, -0.2) is 70.0 Å². The van der Waals surface area contributed by atoms with E-state index in [-0.39, 0.29) is 29.2 Å². The summed E-state index contributed by atoms with van der Waals surface area (Å²) < 4.78 is 0. The van der Waals surface area contributed by atoms with Crippen LogP contribution in [0.25, 0.3) is 0 Å². The third-order valence-electron chi connectivity index (χ3n) is 6.03. The summed E-state index contributed by atoms with van der Waals surface area (Å²) in [6, 6.07) is 12.2. The average molecular weight is 434 g/mol. The fourth-order valence-corrected chi connectivity index (χ4v) is 4.26. The standard InChI is InChI=1S/C25H27N3O4/c1-16-7-5-6-8-18(16)22(30)27-13-11-26(12-14-27)21(29)17-9-10-19-20(15-17)24(32)28(23(19)31)25(2,3)4/h5-10,15H,11-14H2,1-4H3. The van der Waals surface area contributed by atoms with Gasteiger partial charge in [-0.05, 0) is 57.5 Å². The first-order valence-electron chi connectivity index (χ1n) is 10.8. The minimum absolute atomic E-state index is 0.0286. The van der Waals surface area contributed by atoms with Crippen molar-refractivity contribution < 1.29 is 19.2 Å². The van der Waals surface area contributed by atoms with Crippen molar-refractivity contribution in [2.45, 2.75) is 33.2 Å². The molecule has 166 valence electrons. The number of rotatable bonds is 2. The molecule has 0 N–H and O–H groups in total. The van der Waals surface area contributed by atoms with Crippen molar-refractivity contribution in [3.05, 3.63) is 70.3 Å². The van der Waals surface area contributed by atoms with E-state index in [1.54, 1.807) is 42.7 Å². The molecule has 0 unspecified atom stereocenters. The van der Waals surface area contributed by atoms with Crippen LogP contribution in [0.5, 0.6) is 0 Å². The van der Waals surface area contributed by atoms with E-state index in [0.717, 1.165) is 5.56 Å². The van der Waals surface area contributed by atoms with Gasteiger partial charge in [0.1, 0.15) is 0 Å². The first-order valence-corrected chi connectivity index (χ1v) is 10.8. The first kappa shape index (κ1) is 21.7. The Kier molecular flexibility index (Phi) is 5.36. The predicted molar refractivity (Wildman–Crippen MR) is 120 cm³/mol. The van der Waals surface area contributed by atoms with E-state index in [1.807, 2.05) is 31.2 Å². The number of carbonyl (C=O) groups excluding carboxylic acids is 4. The maximum Gasteiger partial charge on any atom is 0.262 e. The van der Waals surface area contributed by atoms with Gasteiger partial charge in [0.2, 0.25) is 0 Å². The maximum atomic E-state index is 13.1. The number of benzene rings is 2. The largest absolute Gasteiger partial charge is 0.335 e. The Hall–Kier alpha value is -3.48. The maximum absolute atomic E-state index is 13.1. The molecule has 2 aliphatic heterocycles. The quantitative estimate of drug-likeness (QED) is 0.682. The summed E-state index contributed by atoms with van der Waals surface area (Å²) in [6.07, 6.45) is 0. The molecule has 0 aliphatic carbocycles. The Morgan fingerprint density at radius 1 is 0.781 bits per heavy atom. The number of piperazine rings is 1. The Morgan fingerprint density at radius 3 is 1.94 bits per heavy atom. The van der Waals surface area contributed by atoms with E-state index < -0.39 is 5.54 Å². The molecule has 0 atom stereocenters. The zero-order valence-corrected chi connectivity index (χ0v) is 18.8. The zero-order chi connectivity index (χ0) is 23.2. The molecule has 0 radical (unpaired) electrons. The van der Waals surface area contributed by atoms with Gasteiger partial charge in [-0.25, -0.2) is 0 Å². The molecular weight excluding hydrogens is 406 g/mol. The van der Waals surface area contributed by atoms with Crippen molar-refractivity contribution in [3.8, 4) is 0 Å². The zero-order valence-electron chi connectivity index (χ0n) is 18.8. The Balaban J connectivity index is 1.47. The average Bonchev–Trinajstić information content (AvgIpc) is 3.03. The molecule has 7 nitrogen and oxygen atoms in total. The van der Waals surface area contributed by atoms with Crippen LogP contribution >= 0.6 is 0 Å². The highest BCUT2D eigenvalue weighted by Crippen LogP contribution is 2.30. The van der Waals surface area contributed by atoms with Gasteiger partial charge in [0.15, 0.2) is 0 Å². The molecule has 2 heterocycles. The van der Waals surface area contributed by atoms with Gasteiger partial charge >= 0.3 is 0 Å². The summed E-state index contributed by atoms with van der Waals surface area (Å²) >= 11 is 0. The Bertz CT molecular complexity index is 1120. The van der Waals surface area contributed by atoms with Gasteiger partial charge in [0.25, 0.3) is 23.6 Å². The number of imide groups is 1. The third kappa shape index (κ3) is 3.68. The molecule has 4 rings (SSSR count). The number of hydrogen-bond acceptors (Lipinski definition) is 4. The SMILES string of the molecule is Cc1ccccc1C(=O)N1CCN(C(=O)c2ccc3c(c2)C(=O)N(C(C)(C)C)C3=O)CC1. The van der Waals surface area contributed by atoms with Crippen LogP contribution in [0.3, 0.4) is 0 Å². The highest BCUT2D eigenvalue weighted by Gasteiger charge is 2.42. The second-order valence-electron chi connectivity index (χ2n) is 9.28. The number of fused-ring (bicyclic) bond motifs is 1. The number of hydrogen-bond donors (Lipinski definition) is 0. The monoisotopic (exact) mass is 433 g/mol. The lowest BCUT2D eigenvalue weighted by Crippen LogP contribution is -2.50. The molecule has 7 heteroatoms. The summed E-state index contributed by atoms with van der Waals surface area (Å²) in [7, 11) is 0. The number of aryl methyl sites for hydroxylation is 1. The van der Waals surface area contributed by atoms with Crippen LogP contribution in [0.1, 0.15) is 67.8 Å². The van der Waals surface area contributed by atoms with Crippen LogP contribution in [-0.2, 0) is 0 Å². The lowest BCUT2D eigenvalue weighted by atomic mass is 10.0. The lowest BCUT2D eigenvalue weighted by Gasteiger charge is -2.35. The van der Waals surface area contributed by atoms with E-state index >= 15 is 0 Å². The summed E-state index contributed by atoms with van der Waals surface area (Å²) in [6.45, 7) is 9.03. The smallest absolute Gasteiger partial charge is 0.262 e. The van der Waals surface area contributed by atoms with Crippen LogP contribution in [0, 0.1) is 6.92 Å². The van der Waals surface area contributed by atoms with Gasteiger partial charge in [-0.1, -0.05) is 18.2 Å². The topological polar surface area (TPSA) is 78.0 Å². The highest BCUT2D eigenvalue weighted by atomic mass is 16.2. The Labute approximate surface area is 187 Å². The minimum Gasteiger partial charge on any atom is -0.335 e. The predicted octanol–water partition coefficient (Wildman–Crippen LogP) is 2.99. The second-order valence-corrected chi connectivity index (χ2v) is 9.28. The molecule has 2 aromatic rings. The molecule has 0 aromatic heterocycles. The molecule has 0 saturated carbocycles. The fraction of sp³-hybridized carbons (Fsp3) is 0.360. The van der Waals surface area contributed by atoms with Crippen LogP contribution in [0.2, 0.25) is 0 Å². The van der Waals surface area contributed by atoms with Crippen molar-refractivity contribution in [1.82, 2.24) is 14.7 Å². The van der Waals surface area contributed by atoms with E-state index in [4.69, 9.17) is 0 Å². The van der Waals surface area contributed by atoms with Gasteiger partial charge in [0.05, 0.1) is 11.1 Å². The number of amides is 4. The fourth-order valence-electron chi connectivity index (χ4n) is 4.26. The molecule has 4 amide bonds. The van der Waals surface area contributed by atoms with Crippen LogP contribution in [0.4, 0.5) is 0 Å². The summed E-state index contributed by atoms with van der Waals surface area (Å²) in [5, 5.41) is 0. The van der Waals surface area contributed by atoms with Crippen molar-refractivity contribution in [2.24, 2.45) is 0 Å². The molecule has 0 bridgehead atoms. The van der Waals surface area contributed by atoms with Crippen molar-refractivity contribution in [1.29, 1.82) is 0 Å². The van der Waals surface area contributed by atoms with Crippen molar-refractivity contribution in [2.75, 3.05) is 26.2 Å². The molecule has 0 spiro atoms. The Morgan fingerprint density at radius 2 is 1.34 bits per heavy atom. The number of carbonyl (C=O) groups is 4. The summed E-state index contributed by atoms with van der Waals surface area (Å²) in [5.74, 6) is -0.940. The van der Waals surface area contributed by atoms with Crippen LogP contribution < -0.4 is 0 Å². The highest BCUT2D eigenvalue weighted by molar-refractivity contribution is 6.22. The van der Waals surface area contributed by atoms with Crippen LogP contribution in [0.15, 0.2) is 42.5 Å². The van der Waals surface area contributed by atoms with Gasteiger partial charge in [-0.2, -0.15) is 0 Å². The lowest BCUT2D eigenvalue weighted by molar-refractivity contribution is 0.0507. The van der Waals surface area contributed by atoms with E-state index in [9.17, 15) is 19.2 Å². The van der Waals surface area contributed by atoms with Crippen molar-refractivity contribution >= 4 is 23.6 Å². The molecular formula is C25H27N3O4. The third-order valence-corrected chi connectivity index (χ3v) is 6.03. The van der Waals surface area contributed by atoms with Crippen molar-refractivity contribution in [3.63, 3.8) is 0 Å².